The summed E-state index contributed by atoms with van der Waals surface area (Å²) >= 11 is 0. The van der Waals surface area contributed by atoms with E-state index in [1.54, 1.807) is 0 Å². The fraction of sp³-hybridized carbons (Fsp3) is 0.800. The van der Waals surface area contributed by atoms with Crippen molar-refractivity contribution in [2.75, 3.05) is 20.6 Å². The monoisotopic (exact) mass is 168 g/mol. The first-order valence-corrected chi connectivity index (χ1v) is 4.80. The van der Waals surface area contributed by atoms with Gasteiger partial charge >= 0.3 is 0 Å². The molecule has 0 radical (unpaired) electrons. The fourth-order valence-electron chi connectivity index (χ4n) is 1.85. The van der Waals surface area contributed by atoms with Crippen molar-refractivity contribution in [3.05, 3.63) is 12.2 Å². The molecular formula is C10H20N2. The van der Waals surface area contributed by atoms with Crippen LogP contribution in [0.4, 0.5) is 0 Å². The normalized spacial score (nSPS) is 29.7. The molecule has 2 heteroatoms. The van der Waals surface area contributed by atoms with Gasteiger partial charge in [0, 0.05) is 12.1 Å². The summed E-state index contributed by atoms with van der Waals surface area (Å²) < 4.78 is 0. The van der Waals surface area contributed by atoms with E-state index in [-0.39, 0.29) is 0 Å². The Bertz CT molecular complexity index is 152. The second-order valence-electron chi connectivity index (χ2n) is 3.64. The summed E-state index contributed by atoms with van der Waals surface area (Å²) in [5.74, 6) is 0. The van der Waals surface area contributed by atoms with Gasteiger partial charge in [-0.25, -0.2) is 0 Å². The largest absolute Gasteiger partial charge is 0.312 e. The van der Waals surface area contributed by atoms with Crippen LogP contribution >= 0.6 is 0 Å². The van der Waals surface area contributed by atoms with Crippen molar-refractivity contribution in [2.45, 2.75) is 31.8 Å². The molecule has 0 aromatic carbocycles. The lowest BCUT2D eigenvalue weighted by Gasteiger charge is -2.34. The van der Waals surface area contributed by atoms with Crippen molar-refractivity contribution in [3.63, 3.8) is 0 Å². The van der Waals surface area contributed by atoms with Crippen molar-refractivity contribution in [1.82, 2.24) is 10.2 Å². The summed E-state index contributed by atoms with van der Waals surface area (Å²) in [7, 11) is 4.32. The predicted octanol–water partition coefficient (Wildman–Crippen LogP) is 1.24. The fourth-order valence-corrected chi connectivity index (χ4v) is 1.85. The van der Waals surface area contributed by atoms with Crippen LogP contribution in [0, 0.1) is 0 Å². The molecule has 0 aliphatic heterocycles. The Morgan fingerprint density at radius 3 is 2.58 bits per heavy atom. The topological polar surface area (TPSA) is 15.3 Å². The van der Waals surface area contributed by atoms with E-state index in [0.717, 1.165) is 6.54 Å². The smallest absolute Gasteiger partial charge is 0.0280 e. The Labute approximate surface area is 75.6 Å². The maximum absolute atomic E-state index is 3.52. The van der Waals surface area contributed by atoms with Gasteiger partial charge in [-0.15, -0.1) is 0 Å². The lowest BCUT2D eigenvalue weighted by molar-refractivity contribution is 0.224. The lowest BCUT2D eigenvalue weighted by Crippen LogP contribution is -2.48. The molecule has 0 aromatic rings. The lowest BCUT2D eigenvalue weighted by atomic mass is 9.95. The number of hydrogen-bond acceptors (Lipinski definition) is 2. The first-order chi connectivity index (χ1) is 5.75. The van der Waals surface area contributed by atoms with Crippen LogP contribution in [-0.2, 0) is 0 Å². The third-order valence-electron chi connectivity index (χ3n) is 2.53. The van der Waals surface area contributed by atoms with E-state index in [1.807, 2.05) is 0 Å². The Morgan fingerprint density at radius 2 is 2.00 bits per heavy atom. The second-order valence-corrected chi connectivity index (χ2v) is 3.64. The van der Waals surface area contributed by atoms with E-state index in [0.29, 0.717) is 12.1 Å². The Kier molecular flexibility index (Phi) is 3.76. The van der Waals surface area contributed by atoms with Crippen molar-refractivity contribution in [3.8, 4) is 0 Å². The maximum atomic E-state index is 3.52. The van der Waals surface area contributed by atoms with Gasteiger partial charge in [0.1, 0.15) is 0 Å². The Balaban J connectivity index is 2.50. The van der Waals surface area contributed by atoms with Crippen molar-refractivity contribution in [1.29, 1.82) is 0 Å². The molecule has 0 saturated heterocycles. The molecule has 2 nitrogen and oxygen atoms in total. The zero-order chi connectivity index (χ0) is 8.97. The van der Waals surface area contributed by atoms with E-state index in [9.17, 15) is 0 Å². The number of hydrogen-bond donors (Lipinski definition) is 1. The van der Waals surface area contributed by atoms with Crippen LogP contribution in [0.3, 0.4) is 0 Å². The van der Waals surface area contributed by atoms with Gasteiger partial charge in [0.2, 0.25) is 0 Å². The molecule has 0 bridgehead atoms. The Hall–Kier alpha value is -0.340. The molecule has 0 aromatic heterocycles. The predicted molar refractivity (Wildman–Crippen MR) is 53.3 cm³/mol. The molecular weight excluding hydrogens is 148 g/mol. The third kappa shape index (κ3) is 2.32. The number of likely N-dealkylation sites (N-methyl/N-ethyl adjacent to an activating group) is 2. The quantitative estimate of drug-likeness (QED) is 0.638. The van der Waals surface area contributed by atoms with Crippen molar-refractivity contribution >= 4 is 0 Å². The average molecular weight is 168 g/mol. The molecule has 0 fully saturated rings. The van der Waals surface area contributed by atoms with Gasteiger partial charge in [-0.3, -0.25) is 0 Å². The van der Waals surface area contributed by atoms with Gasteiger partial charge in [0.25, 0.3) is 0 Å². The minimum Gasteiger partial charge on any atom is -0.312 e. The molecule has 1 N–H and O–H groups in total. The summed E-state index contributed by atoms with van der Waals surface area (Å²) in [6.07, 6.45) is 6.94. The third-order valence-corrected chi connectivity index (χ3v) is 2.53. The Morgan fingerprint density at radius 1 is 1.33 bits per heavy atom. The molecule has 0 amide bonds. The molecule has 0 saturated carbocycles. The first-order valence-electron chi connectivity index (χ1n) is 4.80. The highest BCUT2D eigenvalue weighted by Gasteiger charge is 2.22. The minimum absolute atomic E-state index is 0.648. The molecule has 2 atom stereocenters. The van der Waals surface area contributed by atoms with Crippen LogP contribution in [0.5, 0.6) is 0 Å². The first kappa shape index (κ1) is 9.75. The van der Waals surface area contributed by atoms with Gasteiger partial charge in [-0.2, -0.15) is 0 Å². The van der Waals surface area contributed by atoms with Gasteiger partial charge in [0.05, 0.1) is 0 Å². The zero-order valence-electron chi connectivity index (χ0n) is 8.38. The second kappa shape index (κ2) is 4.63. The van der Waals surface area contributed by atoms with Gasteiger partial charge < -0.3 is 10.2 Å². The molecule has 1 rings (SSSR count). The van der Waals surface area contributed by atoms with Crippen LogP contribution in [0.25, 0.3) is 0 Å². The van der Waals surface area contributed by atoms with E-state index in [2.05, 4.69) is 43.4 Å². The van der Waals surface area contributed by atoms with Gasteiger partial charge in [-0.1, -0.05) is 19.1 Å². The molecule has 0 unspecified atom stereocenters. The summed E-state index contributed by atoms with van der Waals surface area (Å²) in [5, 5.41) is 3.52. The SMILES string of the molecule is CCN[C@H]1CC=CC[C@@H]1N(C)C. The molecule has 12 heavy (non-hydrogen) atoms. The summed E-state index contributed by atoms with van der Waals surface area (Å²) in [6.45, 7) is 3.24. The number of nitrogens with one attached hydrogen (secondary N) is 1. The highest BCUT2D eigenvalue weighted by molar-refractivity contribution is 5.00. The van der Waals surface area contributed by atoms with Crippen LogP contribution in [-0.4, -0.2) is 37.6 Å². The summed E-state index contributed by atoms with van der Waals surface area (Å²) in [5.41, 5.74) is 0. The molecule has 70 valence electrons. The summed E-state index contributed by atoms with van der Waals surface area (Å²) in [6, 6.07) is 1.32. The summed E-state index contributed by atoms with van der Waals surface area (Å²) in [4.78, 5) is 2.32. The van der Waals surface area contributed by atoms with Gasteiger partial charge in [0.15, 0.2) is 0 Å². The number of nitrogens with zero attached hydrogens (tertiary/aromatic N) is 1. The van der Waals surface area contributed by atoms with Crippen molar-refractivity contribution in [2.24, 2.45) is 0 Å². The molecule has 0 heterocycles. The van der Waals surface area contributed by atoms with Crippen LogP contribution in [0.15, 0.2) is 12.2 Å². The molecule has 1 aliphatic rings. The van der Waals surface area contributed by atoms with E-state index in [1.165, 1.54) is 12.8 Å². The van der Waals surface area contributed by atoms with Crippen LogP contribution in [0.2, 0.25) is 0 Å². The van der Waals surface area contributed by atoms with Crippen LogP contribution in [0.1, 0.15) is 19.8 Å². The van der Waals surface area contributed by atoms with Crippen molar-refractivity contribution < 1.29 is 0 Å². The standard InChI is InChI=1S/C10H20N2/c1-4-11-9-7-5-6-8-10(9)12(2)3/h5-6,9-11H,4,7-8H2,1-3H3/t9-,10-/m0/s1. The van der Waals surface area contributed by atoms with E-state index >= 15 is 0 Å². The van der Waals surface area contributed by atoms with E-state index < -0.39 is 0 Å². The highest BCUT2D eigenvalue weighted by atomic mass is 15.1. The highest BCUT2D eigenvalue weighted by Crippen LogP contribution is 2.15. The van der Waals surface area contributed by atoms with Gasteiger partial charge in [-0.05, 0) is 33.5 Å². The molecule has 1 aliphatic carbocycles. The zero-order valence-corrected chi connectivity index (χ0v) is 8.38. The maximum Gasteiger partial charge on any atom is 0.0280 e. The van der Waals surface area contributed by atoms with Crippen LogP contribution < -0.4 is 5.32 Å². The minimum atomic E-state index is 0.648. The molecule has 0 spiro atoms. The van der Waals surface area contributed by atoms with E-state index in [4.69, 9.17) is 0 Å². The average Bonchev–Trinajstić information content (AvgIpc) is 2.05. The number of rotatable bonds is 3.